The van der Waals surface area contributed by atoms with Crippen molar-refractivity contribution in [1.82, 2.24) is 15.1 Å². The van der Waals surface area contributed by atoms with Crippen molar-refractivity contribution in [2.75, 3.05) is 27.2 Å². The Bertz CT molecular complexity index is 287. The second kappa shape index (κ2) is 6.02. The van der Waals surface area contributed by atoms with E-state index in [1.165, 1.54) is 32.1 Å². The molecule has 0 radical (unpaired) electrons. The first kappa shape index (κ1) is 13.8. The van der Waals surface area contributed by atoms with E-state index >= 15 is 0 Å². The maximum atomic E-state index is 12.6. The molecule has 0 bridgehead atoms. The summed E-state index contributed by atoms with van der Waals surface area (Å²) in [6.07, 6.45) is 6.31. The molecule has 1 saturated carbocycles. The zero-order chi connectivity index (χ0) is 13.1. The summed E-state index contributed by atoms with van der Waals surface area (Å²) in [6, 6.07) is 0.824. The Kier molecular flexibility index (Phi) is 4.62. The summed E-state index contributed by atoms with van der Waals surface area (Å²) in [7, 11) is 4.05. The van der Waals surface area contributed by atoms with E-state index in [2.05, 4.69) is 22.0 Å². The van der Waals surface area contributed by atoms with Gasteiger partial charge < -0.3 is 15.1 Å². The minimum Gasteiger partial charge on any atom is -0.334 e. The maximum Gasteiger partial charge on any atom is 0.241 e. The zero-order valence-corrected chi connectivity index (χ0v) is 12.0. The summed E-state index contributed by atoms with van der Waals surface area (Å²) in [6.45, 7) is 3.90. The minimum atomic E-state index is -0.0156. The van der Waals surface area contributed by atoms with Crippen molar-refractivity contribution in [3.8, 4) is 0 Å². The van der Waals surface area contributed by atoms with Gasteiger partial charge in [0.15, 0.2) is 0 Å². The third-order valence-electron chi connectivity index (χ3n) is 4.20. The maximum absolute atomic E-state index is 12.6. The molecule has 1 N–H and O–H groups in total. The first-order chi connectivity index (χ1) is 8.59. The molecule has 0 aromatic heterocycles. The third kappa shape index (κ3) is 3.04. The summed E-state index contributed by atoms with van der Waals surface area (Å²) >= 11 is 0. The lowest BCUT2D eigenvalue weighted by Gasteiger charge is -2.44. The van der Waals surface area contributed by atoms with Crippen molar-refractivity contribution >= 4 is 5.91 Å². The van der Waals surface area contributed by atoms with Gasteiger partial charge in [0.05, 0.1) is 6.04 Å². The van der Waals surface area contributed by atoms with Crippen LogP contribution in [0.2, 0.25) is 0 Å². The topological polar surface area (TPSA) is 35.6 Å². The number of nitrogens with one attached hydrogen (secondary N) is 1. The second-order valence-electron chi connectivity index (χ2n) is 6.11. The summed E-state index contributed by atoms with van der Waals surface area (Å²) in [4.78, 5) is 16.9. The number of carbonyl (C=O) groups is 1. The highest BCUT2D eigenvalue weighted by Gasteiger charge is 2.37. The molecule has 1 amide bonds. The number of amides is 1. The highest BCUT2D eigenvalue weighted by molar-refractivity contribution is 5.83. The molecule has 18 heavy (non-hydrogen) atoms. The van der Waals surface area contributed by atoms with Gasteiger partial charge in [-0.1, -0.05) is 19.3 Å². The molecule has 2 rings (SSSR count). The molecular weight excluding hydrogens is 226 g/mol. The molecule has 1 saturated heterocycles. The molecule has 4 heteroatoms. The normalized spacial score (nSPS) is 31.1. The Morgan fingerprint density at radius 3 is 2.56 bits per heavy atom. The zero-order valence-electron chi connectivity index (χ0n) is 12.0. The predicted octanol–water partition coefficient (Wildman–Crippen LogP) is 1.07. The molecule has 0 aromatic carbocycles. The molecule has 104 valence electrons. The summed E-state index contributed by atoms with van der Waals surface area (Å²) in [5.41, 5.74) is 0. The van der Waals surface area contributed by atoms with Gasteiger partial charge in [0.25, 0.3) is 0 Å². The van der Waals surface area contributed by atoms with E-state index < -0.39 is 0 Å². The molecule has 1 aliphatic carbocycles. The van der Waals surface area contributed by atoms with Gasteiger partial charge in [-0.05, 0) is 33.9 Å². The van der Waals surface area contributed by atoms with Gasteiger partial charge in [-0.3, -0.25) is 4.79 Å². The van der Waals surface area contributed by atoms with Crippen LogP contribution >= 0.6 is 0 Å². The minimum absolute atomic E-state index is 0.0156. The van der Waals surface area contributed by atoms with E-state index in [1.54, 1.807) is 0 Å². The van der Waals surface area contributed by atoms with Gasteiger partial charge in [-0.15, -0.1) is 0 Å². The smallest absolute Gasteiger partial charge is 0.241 e. The summed E-state index contributed by atoms with van der Waals surface area (Å²) < 4.78 is 0. The van der Waals surface area contributed by atoms with Gasteiger partial charge in [-0.2, -0.15) is 0 Å². The van der Waals surface area contributed by atoms with Crippen molar-refractivity contribution in [3.63, 3.8) is 0 Å². The van der Waals surface area contributed by atoms with Gasteiger partial charge >= 0.3 is 0 Å². The van der Waals surface area contributed by atoms with Gasteiger partial charge in [0.2, 0.25) is 5.91 Å². The van der Waals surface area contributed by atoms with Crippen LogP contribution in [-0.2, 0) is 4.79 Å². The number of rotatable bonds is 3. The fourth-order valence-corrected chi connectivity index (χ4v) is 3.30. The first-order valence-corrected chi connectivity index (χ1v) is 7.30. The summed E-state index contributed by atoms with van der Waals surface area (Å²) in [5, 5.41) is 3.39. The van der Waals surface area contributed by atoms with Crippen LogP contribution in [0.3, 0.4) is 0 Å². The quantitative estimate of drug-likeness (QED) is 0.817. The second-order valence-corrected chi connectivity index (χ2v) is 6.11. The van der Waals surface area contributed by atoms with Crippen LogP contribution in [0.25, 0.3) is 0 Å². The number of hydrogen-bond donors (Lipinski definition) is 1. The van der Waals surface area contributed by atoms with Gasteiger partial charge in [0, 0.05) is 25.2 Å². The first-order valence-electron chi connectivity index (χ1n) is 7.30. The number of piperazine rings is 1. The van der Waals surface area contributed by atoms with Crippen LogP contribution in [0.5, 0.6) is 0 Å². The van der Waals surface area contributed by atoms with E-state index in [-0.39, 0.29) is 6.04 Å². The third-order valence-corrected chi connectivity index (χ3v) is 4.20. The summed E-state index contributed by atoms with van der Waals surface area (Å²) in [5.74, 6) is 0.314. The van der Waals surface area contributed by atoms with Crippen molar-refractivity contribution in [1.29, 1.82) is 0 Å². The fourth-order valence-electron chi connectivity index (χ4n) is 3.30. The van der Waals surface area contributed by atoms with Gasteiger partial charge in [0.1, 0.15) is 0 Å². The van der Waals surface area contributed by atoms with E-state index in [0.717, 1.165) is 13.1 Å². The van der Waals surface area contributed by atoms with Crippen LogP contribution in [-0.4, -0.2) is 61.0 Å². The molecule has 2 aliphatic rings. The predicted molar refractivity (Wildman–Crippen MR) is 73.5 cm³/mol. The van der Waals surface area contributed by atoms with E-state index in [9.17, 15) is 4.79 Å². The average molecular weight is 253 g/mol. The van der Waals surface area contributed by atoms with Crippen LogP contribution in [0.4, 0.5) is 0 Å². The van der Waals surface area contributed by atoms with Crippen molar-refractivity contribution in [2.45, 2.75) is 57.2 Å². The lowest BCUT2D eigenvalue weighted by molar-refractivity contribution is -0.142. The van der Waals surface area contributed by atoms with Crippen LogP contribution in [0.15, 0.2) is 0 Å². The SMILES string of the molecule is CC1CNC(CN(C)C)C(=O)N1C1CCCCC1. The van der Waals surface area contributed by atoms with E-state index in [4.69, 9.17) is 0 Å². The lowest BCUT2D eigenvalue weighted by Crippen LogP contribution is -2.64. The average Bonchev–Trinajstić information content (AvgIpc) is 2.34. The largest absolute Gasteiger partial charge is 0.334 e. The Labute approximate surface area is 111 Å². The van der Waals surface area contributed by atoms with Crippen molar-refractivity contribution in [3.05, 3.63) is 0 Å². The highest BCUT2D eigenvalue weighted by atomic mass is 16.2. The molecule has 1 aliphatic heterocycles. The molecule has 1 heterocycles. The van der Waals surface area contributed by atoms with Crippen molar-refractivity contribution in [2.24, 2.45) is 0 Å². The number of carbonyl (C=O) groups excluding carboxylic acids is 1. The molecule has 2 unspecified atom stereocenters. The van der Waals surface area contributed by atoms with Crippen LogP contribution in [0.1, 0.15) is 39.0 Å². The number of nitrogens with zero attached hydrogens (tertiary/aromatic N) is 2. The van der Waals surface area contributed by atoms with Gasteiger partial charge in [-0.25, -0.2) is 0 Å². The Morgan fingerprint density at radius 2 is 1.94 bits per heavy atom. The Morgan fingerprint density at radius 1 is 1.28 bits per heavy atom. The van der Waals surface area contributed by atoms with Crippen LogP contribution in [0, 0.1) is 0 Å². The van der Waals surface area contributed by atoms with E-state index in [1.807, 2.05) is 14.1 Å². The monoisotopic (exact) mass is 253 g/mol. The highest BCUT2D eigenvalue weighted by Crippen LogP contribution is 2.26. The molecule has 2 fully saturated rings. The standard InChI is InChI=1S/C14H27N3O/c1-11-9-15-13(10-16(2)3)14(18)17(11)12-7-5-4-6-8-12/h11-13,15H,4-10H2,1-3H3. The number of hydrogen-bond acceptors (Lipinski definition) is 3. The molecular formula is C14H27N3O. The van der Waals surface area contributed by atoms with Crippen molar-refractivity contribution < 1.29 is 4.79 Å². The number of likely N-dealkylation sites (N-methyl/N-ethyl adjacent to an activating group) is 1. The van der Waals surface area contributed by atoms with E-state index in [0.29, 0.717) is 18.0 Å². The Balaban J connectivity index is 2.03. The fraction of sp³-hybridized carbons (Fsp3) is 0.929. The Hall–Kier alpha value is -0.610. The molecule has 4 nitrogen and oxygen atoms in total. The van der Waals surface area contributed by atoms with Crippen LogP contribution < -0.4 is 5.32 Å². The lowest BCUT2D eigenvalue weighted by atomic mass is 9.91. The molecule has 0 spiro atoms. The molecule has 2 atom stereocenters. The molecule has 0 aromatic rings.